The average molecular weight is 571 g/mol. The van der Waals surface area contributed by atoms with Gasteiger partial charge >= 0.3 is 11.7 Å². The van der Waals surface area contributed by atoms with Crippen LogP contribution in [0.1, 0.15) is 31.0 Å². The fourth-order valence-corrected chi connectivity index (χ4v) is 5.07. The number of phenols is 1. The van der Waals surface area contributed by atoms with Gasteiger partial charge in [-0.2, -0.15) is 0 Å². The number of esters is 1. The first-order valence-electron chi connectivity index (χ1n) is 11.8. The number of rotatable bonds is 9. The molecule has 4 rings (SSSR count). The molecule has 0 saturated heterocycles. The van der Waals surface area contributed by atoms with Crippen molar-refractivity contribution in [3.8, 4) is 17.2 Å². The van der Waals surface area contributed by atoms with Crippen molar-refractivity contribution in [3.05, 3.63) is 93.1 Å². The number of ether oxygens (including phenoxy) is 3. The summed E-state index contributed by atoms with van der Waals surface area (Å²) in [5.74, 6) is -0.728. The molecule has 2 aromatic carbocycles. The van der Waals surface area contributed by atoms with Crippen LogP contribution in [0, 0.1) is 20.2 Å². The molecule has 2 heterocycles. The number of benzene rings is 2. The summed E-state index contributed by atoms with van der Waals surface area (Å²) in [6.45, 7) is 4.31. The first-order valence-corrected chi connectivity index (χ1v) is 12.6. The molecule has 40 heavy (non-hydrogen) atoms. The summed E-state index contributed by atoms with van der Waals surface area (Å²) in [6.07, 6.45) is 2.37. The van der Waals surface area contributed by atoms with Gasteiger partial charge in [0.2, 0.25) is 5.75 Å². The molecule has 1 aromatic heterocycles. The van der Waals surface area contributed by atoms with Crippen LogP contribution in [0.3, 0.4) is 0 Å². The second-order valence-electron chi connectivity index (χ2n) is 8.17. The van der Waals surface area contributed by atoms with Gasteiger partial charge in [-0.05, 0) is 37.6 Å². The van der Waals surface area contributed by atoms with E-state index < -0.39 is 44.5 Å². The third-order valence-electron chi connectivity index (χ3n) is 5.81. The predicted octanol–water partition coefficient (Wildman–Crippen LogP) is 2.34. The SMILES string of the molecule is CCOc1ccc([C@@H]2C(C(=O)OC)=CN=c3s/c(=C\c4cc([N+](=O)[O-])cc([N+](=O)[O-])c4O)c(=O)n32)cc1OCC. The number of carbonyl (C=O) groups is 1. The zero-order valence-corrected chi connectivity index (χ0v) is 22.2. The van der Waals surface area contributed by atoms with E-state index in [1.54, 1.807) is 25.1 Å². The Bertz CT molecular complexity index is 1740. The van der Waals surface area contributed by atoms with Crippen molar-refractivity contribution in [2.45, 2.75) is 19.9 Å². The number of fused-ring (bicyclic) bond motifs is 1. The molecule has 0 amide bonds. The Balaban J connectivity index is 1.96. The summed E-state index contributed by atoms with van der Waals surface area (Å²) in [5.41, 5.74) is -2.00. The van der Waals surface area contributed by atoms with Gasteiger partial charge in [-0.1, -0.05) is 17.4 Å². The van der Waals surface area contributed by atoms with Crippen molar-refractivity contribution < 1.29 is 34.0 Å². The topological polar surface area (TPSA) is 186 Å². The summed E-state index contributed by atoms with van der Waals surface area (Å²) in [4.78, 5) is 51.6. The summed E-state index contributed by atoms with van der Waals surface area (Å²) in [7, 11) is 1.19. The van der Waals surface area contributed by atoms with E-state index in [9.17, 15) is 34.9 Å². The summed E-state index contributed by atoms with van der Waals surface area (Å²) in [6, 6.07) is 5.47. The Labute approximate surface area is 229 Å². The van der Waals surface area contributed by atoms with Gasteiger partial charge in [0.15, 0.2) is 16.3 Å². The van der Waals surface area contributed by atoms with Crippen molar-refractivity contribution in [1.29, 1.82) is 0 Å². The molecule has 208 valence electrons. The number of nitro groups is 2. The van der Waals surface area contributed by atoms with Gasteiger partial charge in [0, 0.05) is 17.8 Å². The van der Waals surface area contributed by atoms with Crippen LogP contribution in [0.25, 0.3) is 6.08 Å². The smallest absolute Gasteiger partial charge is 0.337 e. The lowest BCUT2D eigenvalue weighted by molar-refractivity contribution is -0.394. The number of thiazole rings is 1. The Morgan fingerprint density at radius 3 is 2.45 bits per heavy atom. The Hall–Kier alpha value is -5.05. The van der Waals surface area contributed by atoms with Crippen LogP contribution in [0.15, 0.2) is 51.9 Å². The quantitative estimate of drug-likeness (QED) is 0.227. The van der Waals surface area contributed by atoms with E-state index in [1.807, 2.05) is 6.92 Å². The van der Waals surface area contributed by atoms with E-state index >= 15 is 0 Å². The number of non-ortho nitro benzene ring substituents is 1. The minimum absolute atomic E-state index is 0.0434. The average Bonchev–Trinajstić information content (AvgIpc) is 3.24. The monoisotopic (exact) mass is 570 g/mol. The van der Waals surface area contributed by atoms with Crippen LogP contribution in [-0.4, -0.2) is 45.8 Å². The lowest BCUT2D eigenvalue weighted by atomic mass is 9.97. The van der Waals surface area contributed by atoms with Gasteiger partial charge in [-0.25, -0.2) is 9.79 Å². The van der Waals surface area contributed by atoms with Gasteiger partial charge < -0.3 is 19.3 Å². The molecule has 0 spiro atoms. The number of phenolic OH excluding ortho intramolecular Hbond substituents is 1. The van der Waals surface area contributed by atoms with E-state index in [4.69, 9.17) is 14.2 Å². The zero-order chi connectivity index (χ0) is 29.1. The minimum Gasteiger partial charge on any atom is -0.502 e. The zero-order valence-electron chi connectivity index (χ0n) is 21.4. The molecule has 0 bridgehead atoms. The number of nitrogens with zero attached hydrogens (tertiary/aromatic N) is 4. The molecule has 0 radical (unpaired) electrons. The highest BCUT2D eigenvalue weighted by atomic mass is 32.1. The fraction of sp³-hybridized carbons (Fsp3) is 0.240. The molecule has 1 N–H and O–H groups in total. The number of aromatic nitrogens is 1. The highest BCUT2D eigenvalue weighted by Crippen LogP contribution is 2.36. The van der Waals surface area contributed by atoms with Gasteiger partial charge in [0.25, 0.3) is 11.2 Å². The van der Waals surface area contributed by atoms with Crippen molar-refractivity contribution in [3.63, 3.8) is 0 Å². The van der Waals surface area contributed by atoms with E-state index in [1.165, 1.54) is 17.9 Å². The number of hydrogen-bond donors (Lipinski definition) is 1. The van der Waals surface area contributed by atoms with Crippen LogP contribution < -0.4 is 24.4 Å². The third-order valence-corrected chi connectivity index (χ3v) is 6.80. The van der Waals surface area contributed by atoms with Gasteiger partial charge in [-0.3, -0.25) is 29.6 Å². The molecule has 15 heteroatoms. The van der Waals surface area contributed by atoms with Crippen LogP contribution in [0.2, 0.25) is 0 Å². The normalized spacial score (nSPS) is 14.5. The predicted molar refractivity (Wildman–Crippen MR) is 141 cm³/mol. The van der Waals surface area contributed by atoms with E-state index in [0.29, 0.717) is 36.3 Å². The maximum atomic E-state index is 13.7. The van der Waals surface area contributed by atoms with Crippen molar-refractivity contribution >= 4 is 34.8 Å². The molecule has 0 unspecified atom stereocenters. The second kappa shape index (κ2) is 11.4. The molecule has 1 aliphatic rings. The molecule has 0 fully saturated rings. The molecule has 0 saturated carbocycles. The van der Waals surface area contributed by atoms with Crippen molar-refractivity contribution in [2.24, 2.45) is 4.99 Å². The van der Waals surface area contributed by atoms with Crippen LogP contribution in [-0.2, 0) is 9.53 Å². The third kappa shape index (κ3) is 5.13. The van der Waals surface area contributed by atoms with E-state index in [-0.39, 0.29) is 20.5 Å². The fourth-order valence-electron chi connectivity index (χ4n) is 4.11. The lowest BCUT2D eigenvalue weighted by Crippen LogP contribution is -2.39. The highest BCUT2D eigenvalue weighted by Gasteiger charge is 2.32. The molecule has 0 aliphatic carbocycles. The summed E-state index contributed by atoms with van der Waals surface area (Å²) < 4.78 is 17.4. The van der Waals surface area contributed by atoms with E-state index in [0.717, 1.165) is 23.5 Å². The maximum absolute atomic E-state index is 13.7. The number of carbonyl (C=O) groups excluding carboxylic acids is 1. The molecular formula is C25H22N4O10S. The first-order chi connectivity index (χ1) is 19.1. The number of methoxy groups -OCH3 is 1. The van der Waals surface area contributed by atoms with E-state index in [2.05, 4.69) is 4.99 Å². The molecular weight excluding hydrogens is 548 g/mol. The number of aromatic hydroxyl groups is 1. The Morgan fingerprint density at radius 1 is 1.12 bits per heavy atom. The summed E-state index contributed by atoms with van der Waals surface area (Å²) >= 11 is 0.864. The van der Waals surface area contributed by atoms with Crippen molar-refractivity contribution in [1.82, 2.24) is 4.57 Å². The van der Waals surface area contributed by atoms with Gasteiger partial charge in [-0.15, -0.1) is 0 Å². The molecule has 1 atom stereocenters. The lowest BCUT2D eigenvalue weighted by Gasteiger charge is -2.23. The van der Waals surface area contributed by atoms with Crippen LogP contribution in [0.4, 0.5) is 11.4 Å². The summed E-state index contributed by atoms with van der Waals surface area (Å²) in [5, 5.41) is 33.1. The standard InChI is InChI=1S/C25H22N4O10S/c1-4-38-18-7-6-13(9-19(18)39-5-2)21-16(24(32)37-3)12-26-25-27(21)23(31)20(40-25)10-14-8-15(28(33)34)11-17(22(14)30)29(35)36/h6-12,21,30H,4-5H2,1-3H3/b20-10-/t21-/m1/s1. The van der Waals surface area contributed by atoms with Crippen LogP contribution in [0.5, 0.6) is 17.2 Å². The van der Waals surface area contributed by atoms with Crippen LogP contribution >= 0.6 is 11.3 Å². The first kappa shape index (κ1) is 28.0. The Morgan fingerprint density at radius 2 is 1.82 bits per heavy atom. The maximum Gasteiger partial charge on any atom is 0.337 e. The largest absolute Gasteiger partial charge is 0.502 e. The minimum atomic E-state index is -1.01. The Kier molecular flexibility index (Phi) is 7.95. The number of nitro benzene ring substituents is 2. The second-order valence-corrected chi connectivity index (χ2v) is 9.17. The molecule has 1 aliphatic heterocycles. The van der Waals surface area contributed by atoms with Crippen molar-refractivity contribution in [2.75, 3.05) is 20.3 Å². The highest BCUT2D eigenvalue weighted by molar-refractivity contribution is 7.07. The van der Waals surface area contributed by atoms with Gasteiger partial charge in [0.1, 0.15) is 0 Å². The van der Waals surface area contributed by atoms with Gasteiger partial charge in [0.05, 0.1) is 52.4 Å². The molecule has 3 aromatic rings. The molecule has 14 nitrogen and oxygen atoms in total. The number of hydrogen-bond acceptors (Lipinski definition) is 12.